The Morgan fingerprint density at radius 2 is 2.06 bits per heavy atom. The molecule has 3 nitrogen and oxygen atoms in total. The Hall–Kier alpha value is -1.77. The van der Waals surface area contributed by atoms with Gasteiger partial charge in [-0.3, -0.25) is 14.6 Å². The fourth-order valence-corrected chi connectivity index (χ4v) is 1.93. The lowest BCUT2D eigenvalue weighted by molar-refractivity contribution is 0.558. The number of nitrogens with one attached hydrogen (secondary N) is 1. The van der Waals surface area contributed by atoms with E-state index in [1.807, 2.05) is 18.2 Å². The van der Waals surface area contributed by atoms with Gasteiger partial charge in [-0.05, 0) is 18.9 Å². The van der Waals surface area contributed by atoms with E-state index in [1.54, 1.807) is 10.7 Å². The lowest BCUT2D eigenvalue weighted by atomic mass is 10.1. The highest BCUT2D eigenvalue weighted by Crippen LogP contribution is 2.19. The molecule has 0 saturated carbocycles. The first kappa shape index (κ1) is 11.7. The Morgan fingerprint density at radius 1 is 1.29 bits per heavy atom. The molecule has 0 bridgehead atoms. The third-order valence-corrected chi connectivity index (χ3v) is 2.96. The average Bonchev–Trinajstić information content (AvgIpc) is 2.68. The zero-order valence-corrected chi connectivity index (χ0v) is 10.4. The topological polar surface area (TPSA) is 37.8 Å². The number of aryl methyl sites for hydroxylation is 2. The van der Waals surface area contributed by atoms with Crippen LogP contribution in [0.2, 0.25) is 0 Å². The zero-order valence-electron chi connectivity index (χ0n) is 10.4. The van der Waals surface area contributed by atoms with Crippen LogP contribution in [-0.4, -0.2) is 9.78 Å². The summed E-state index contributed by atoms with van der Waals surface area (Å²) >= 11 is 0. The summed E-state index contributed by atoms with van der Waals surface area (Å²) in [7, 11) is 0. The maximum Gasteiger partial charge on any atom is 0.267 e. The molecule has 0 radical (unpaired) electrons. The highest BCUT2D eigenvalue weighted by Gasteiger charge is 2.06. The Kier molecular flexibility index (Phi) is 3.47. The summed E-state index contributed by atoms with van der Waals surface area (Å²) in [6.07, 6.45) is 2.11. The number of aromatic nitrogens is 2. The minimum atomic E-state index is 0.0525. The van der Waals surface area contributed by atoms with E-state index in [-0.39, 0.29) is 5.56 Å². The van der Waals surface area contributed by atoms with E-state index in [9.17, 15) is 4.79 Å². The number of benzene rings is 1. The standard InChI is InChI=1S/C14H18N2O/c1-3-4-9-16-14(17)10-13(15-16)12-8-6-5-7-11(12)2/h5-8,10,15H,3-4,9H2,1-2H3. The Bertz CT molecular complexity index is 551. The highest BCUT2D eigenvalue weighted by molar-refractivity contribution is 5.62. The quantitative estimate of drug-likeness (QED) is 0.861. The molecule has 1 N–H and O–H groups in total. The van der Waals surface area contributed by atoms with Gasteiger partial charge in [-0.1, -0.05) is 37.6 Å². The van der Waals surface area contributed by atoms with Crippen molar-refractivity contribution in [1.82, 2.24) is 9.78 Å². The maximum atomic E-state index is 11.8. The Morgan fingerprint density at radius 3 is 2.76 bits per heavy atom. The van der Waals surface area contributed by atoms with Gasteiger partial charge in [0.15, 0.2) is 0 Å². The second-order valence-electron chi connectivity index (χ2n) is 4.33. The third kappa shape index (κ3) is 2.49. The molecule has 0 aliphatic carbocycles. The van der Waals surface area contributed by atoms with Gasteiger partial charge < -0.3 is 0 Å². The van der Waals surface area contributed by atoms with Crippen LogP contribution in [0, 0.1) is 6.92 Å². The molecule has 0 spiro atoms. The number of aromatic amines is 1. The summed E-state index contributed by atoms with van der Waals surface area (Å²) in [4.78, 5) is 11.8. The van der Waals surface area contributed by atoms with Gasteiger partial charge in [0.1, 0.15) is 0 Å². The van der Waals surface area contributed by atoms with Crippen molar-refractivity contribution in [3.8, 4) is 11.3 Å². The van der Waals surface area contributed by atoms with Crippen LogP contribution in [0.15, 0.2) is 35.1 Å². The number of hydrogen-bond donors (Lipinski definition) is 1. The maximum absolute atomic E-state index is 11.8. The van der Waals surface area contributed by atoms with Gasteiger partial charge in [-0.25, -0.2) is 0 Å². The van der Waals surface area contributed by atoms with Gasteiger partial charge in [-0.2, -0.15) is 0 Å². The predicted molar refractivity (Wildman–Crippen MR) is 70.1 cm³/mol. The van der Waals surface area contributed by atoms with Gasteiger partial charge in [0.2, 0.25) is 0 Å². The molecular formula is C14H18N2O. The van der Waals surface area contributed by atoms with Crippen molar-refractivity contribution in [1.29, 1.82) is 0 Å². The molecule has 3 heteroatoms. The molecule has 0 atom stereocenters. The van der Waals surface area contributed by atoms with Crippen LogP contribution in [-0.2, 0) is 6.54 Å². The number of nitrogens with zero attached hydrogens (tertiary/aromatic N) is 1. The summed E-state index contributed by atoms with van der Waals surface area (Å²) in [5, 5.41) is 3.18. The van der Waals surface area contributed by atoms with Crippen LogP contribution >= 0.6 is 0 Å². The number of unbranched alkanes of at least 4 members (excludes halogenated alkanes) is 1. The highest BCUT2D eigenvalue weighted by atomic mass is 16.1. The van der Waals surface area contributed by atoms with Crippen molar-refractivity contribution in [3.63, 3.8) is 0 Å². The summed E-state index contributed by atoms with van der Waals surface area (Å²) in [5.74, 6) is 0. The van der Waals surface area contributed by atoms with Crippen LogP contribution in [0.5, 0.6) is 0 Å². The average molecular weight is 230 g/mol. The largest absolute Gasteiger partial charge is 0.295 e. The van der Waals surface area contributed by atoms with E-state index >= 15 is 0 Å². The molecular weight excluding hydrogens is 212 g/mol. The molecule has 0 unspecified atom stereocenters. The summed E-state index contributed by atoms with van der Waals surface area (Å²) in [5.41, 5.74) is 3.23. The van der Waals surface area contributed by atoms with Gasteiger partial charge in [0.25, 0.3) is 5.56 Å². The van der Waals surface area contributed by atoms with Gasteiger partial charge >= 0.3 is 0 Å². The van der Waals surface area contributed by atoms with E-state index in [1.165, 1.54) is 5.56 Å². The van der Waals surface area contributed by atoms with Crippen molar-refractivity contribution in [2.75, 3.05) is 0 Å². The molecule has 2 aromatic rings. The molecule has 17 heavy (non-hydrogen) atoms. The van der Waals surface area contributed by atoms with Gasteiger partial charge in [0, 0.05) is 18.2 Å². The first-order valence-electron chi connectivity index (χ1n) is 6.08. The van der Waals surface area contributed by atoms with Crippen LogP contribution in [0.1, 0.15) is 25.3 Å². The zero-order chi connectivity index (χ0) is 12.3. The summed E-state index contributed by atoms with van der Waals surface area (Å²) < 4.78 is 1.69. The Labute approximate surface area is 101 Å². The van der Waals surface area contributed by atoms with E-state index < -0.39 is 0 Å². The summed E-state index contributed by atoms with van der Waals surface area (Å²) in [6, 6.07) is 9.76. The molecule has 1 aromatic carbocycles. The van der Waals surface area contributed by atoms with Crippen molar-refractivity contribution in [2.45, 2.75) is 33.2 Å². The lowest BCUT2D eigenvalue weighted by Gasteiger charge is -2.03. The van der Waals surface area contributed by atoms with Crippen molar-refractivity contribution in [3.05, 3.63) is 46.2 Å². The van der Waals surface area contributed by atoms with E-state index in [0.29, 0.717) is 0 Å². The molecule has 0 saturated heterocycles. The Balaban J connectivity index is 2.35. The normalized spacial score (nSPS) is 10.7. The minimum absolute atomic E-state index is 0.0525. The first-order valence-corrected chi connectivity index (χ1v) is 6.08. The first-order chi connectivity index (χ1) is 8.22. The van der Waals surface area contributed by atoms with Crippen molar-refractivity contribution >= 4 is 0 Å². The van der Waals surface area contributed by atoms with E-state index in [0.717, 1.165) is 30.6 Å². The van der Waals surface area contributed by atoms with E-state index in [4.69, 9.17) is 0 Å². The fourth-order valence-electron chi connectivity index (χ4n) is 1.93. The molecule has 0 amide bonds. The van der Waals surface area contributed by atoms with Crippen LogP contribution in [0.4, 0.5) is 0 Å². The number of H-pyrrole nitrogens is 1. The van der Waals surface area contributed by atoms with Crippen molar-refractivity contribution in [2.24, 2.45) is 0 Å². The smallest absolute Gasteiger partial charge is 0.267 e. The molecule has 90 valence electrons. The second kappa shape index (κ2) is 5.04. The second-order valence-corrected chi connectivity index (χ2v) is 4.33. The van der Waals surface area contributed by atoms with Gasteiger partial charge in [-0.15, -0.1) is 0 Å². The lowest BCUT2D eigenvalue weighted by Crippen LogP contribution is -2.15. The van der Waals surface area contributed by atoms with E-state index in [2.05, 4.69) is 25.0 Å². The van der Waals surface area contributed by atoms with Crippen LogP contribution < -0.4 is 5.56 Å². The molecule has 1 heterocycles. The SMILES string of the molecule is CCCCn1[nH]c(-c2ccccc2C)cc1=O. The molecule has 0 aliphatic rings. The molecule has 2 rings (SSSR count). The van der Waals surface area contributed by atoms with Crippen LogP contribution in [0.25, 0.3) is 11.3 Å². The van der Waals surface area contributed by atoms with Crippen LogP contribution in [0.3, 0.4) is 0 Å². The van der Waals surface area contributed by atoms with Gasteiger partial charge in [0.05, 0.1) is 5.69 Å². The fraction of sp³-hybridized carbons (Fsp3) is 0.357. The molecule has 0 aliphatic heterocycles. The molecule has 0 fully saturated rings. The number of hydrogen-bond acceptors (Lipinski definition) is 1. The van der Waals surface area contributed by atoms with Crippen molar-refractivity contribution < 1.29 is 0 Å². The number of rotatable bonds is 4. The molecule has 1 aromatic heterocycles. The monoisotopic (exact) mass is 230 g/mol. The minimum Gasteiger partial charge on any atom is -0.295 e. The third-order valence-electron chi connectivity index (χ3n) is 2.96. The predicted octanol–water partition coefficient (Wildman–Crippen LogP) is 2.95. The summed E-state index contributed by atoms with van der Waals surface area (Å²) in [6.45, 7) is 4.94.